The van der Waals surface area contributed by atoms with Gasteiger partial charge in [0.15, 0.2) is 11.6 Å². The summed E-state index contributed by atoms with van der Waals surface area (Å²) in [6.07, 6.45) is 5.04. The van der Waals surface area contributed by atoms with Gasteiger partial charge in [0.25, 0.3) is 0 Å². The minimum Gasteiger partial charge on any atom is -0.382 e. The Bertz CT molecular complexity index is 647. The molecule has 88 valence electrons. The van der Waals surface area contributed by atoms with Crippen molar-refractivity contribution in [2.45, 2.75) is 0 Å². The number of nitrogens with one attached hydrogen (secondary N) is 1. The molecule has 3 aromatic heterocycles. The average molecular weight is 238 g/mol. The number of anilines is 1. The number of nitrogens with zero attached hydrogens (tertiary/aromatic N) is 4. The summed E-state index contributed by atoms with van der Waals surface area (Å²) in [5, 5.41) is 6.85. The van der Waals surface area contributed by atoms with Crippen LogP contribution in [0.25, 0.3) is 22.8 Å². The van der Waals surface area contributed by atoms with Crippen molar-refractivity contribution in [1.29, 1.82) is 0 Å². The van der Waals surface area contributed by atoms with E-state index in [4.69, 9.17) is 5.73 Å². The van der Waals surface area contributed by atoms with Crippen molar-refractivity contribution in [3.05, 3.63) is 42.9 Å². The SMILES string of the molecule is Nc1n[nH]c(-c2ncccn2)c1-c1ccccn1. The summed E-state index contributed by atoms with van der Waals surface area (Å²) < 4.78 is 0. The first-order valence-corrected chi connectivity index (χ1v) is 5.39. The maximum absolute atomic E-state index is 5.87. The summed E-state index contributed by atoms with van der Waals surface area (Å²) in [4.78, 5) is 12.6. The van der Waals surface area contributed by atoms with Crippen LogP contribution in [0.4, 0.5) is 5.82 Å². The lowest BCUT2D eigenvalue weighted by atomic mass is 10.1. The van der Waals surface area contributed by atoms with Crippen LogP contribution in [-0.4, -0.2) is 25.1 Å². The lowest BCUT2D eigenvalue weighted by Crippen LogP contribution is -1.93. The van der Waals surface area contributed by atoms with Crippen molar-refractivity contribution in [3.8, 4) is 22.8 Å². The molecular weight excluding hydrogens is 228 g/mol. The standard InChI is InChI=1S/C12H10N6/c13-11-9(8-4-1-2-5-14-8)10(17-18-11)12-15-6-3-7-16-12/h1-7H,(H3,13,17,18). The predicted molar refractivity (Wildman–Crippen MR) is 67.3 cm³/mol. The van der Waals surface area contributed by atoms with E-state index in [1.807, 2.05) is 18.2 Å². The van der Waals surface area contributed by atoms with Crippen molar-refractivity contribution in [3.63, 3.8) is 0 Å². The predicted octanol–water partition coefficient (Wildman–Crippen LogP) is 1.51. The second-order valence-electron chi connectivity index (χ2n) is 3.65. The van der Waals surface area contributed by atoms with Crippen LogP contribution in [0.3, 0.4) is 0 Å². The van der Waals surface area contributed by atoms with Gasteiger partial charge in [0.05, 0.1) is 11.3 Å². The normalized spacial score (nSPS) is 10.4. The summed E-state index contributed by atoms with van der Waals surface area (Å²) in [6, 6.07) is 7.36. The molecule has 18 heavy (non-hydrogen) atoms. The molecule has 0 bridgehead atoms. The van der Waals surface area contributed by atoms with Gasteiger partial charge in [-0.1, -0.05) is 6.07 Å². The fourth-order valence-electron chi connectivity index (χ4n) is 1.72. The Labute approximate surface area is 103 Å². The number of hydrogen-bond donors (Lipinski definition) is 2. The average Bonchev–Trinajstić information content (AvgIpc) is 2.83. The van der Waals surface area contributed by atoms with Crippen molar-refractivity contribution < 1.29 is 0 Å². The van der Waals surface area contributed by atoms with Gasteiger partial charge in [0, 0.05) is 18.6 Å². The van der Waals surface area contributed by atoms with Crippen LogP contribution in [0, 0.1) is 0 Å². The van der Waals surface area contributed by atoms with Gasteiger partial charge in [-0.15, -0.1) is 0 Å². The Kier molecular flexibility index (Phi) is 2.45. The highest BCUT2D eigenvalue weighted by Gasteiger charge is 2.16. The summed E-state index contributed by atoms with van der Waals surface area (Å²) in [5.74, 6) is 0.929. The zero-order valence-electron chi connectivity index (χ0n) is 9.41. The molecule has 3 rings (SSSR count). The van der Waals surface area contributed by atoms with Crippen LogP contribution in [0.15, 0.2) is 42.9 Å². The molecule has 3 heterocycles. The number of aromatic amines is 1. The molecule has 3 N–H and O–H groups in total. The second-order valence-corrected chi connectivity index (χ2v) is 3.65. The Hall–Kier alpha value is -2.76. The molecule has 3 aromatic rings. The lowest BCUT2D eigenvalue weighted by molar-refractivity contribution is 1.07. The lowest BCUT2D eigenvalue weighted by Gasteiger charge is -2.01. The maximum Gasteiger partial charge on any atom is 0.178 e. The van der Waals surface area contributed by atoms with E-state index in [-0.39, 0.29) is 0 Å². The minimum absolute atomic E-state index is 0.385. The van der Waals surface area contributed by atoms with Crippen molar-refractivity contribution in [2.24, 2.45) is 0 Å². The second kappa shape index (κ2) is 4.25. The smallest absolute Gasteiger partial charge is 0.178 e. The molecule has 0 spiro atoms. The molecule has 0 unspecified atom stereocenters. The van der Waals surface area contributed by atoms with E-state index in [0.717, 1.165) is 11.3 Å². The first-order valence-electron chi connectivity index (χ1n) is 5.39. The van der Waals surface area contributed by atoms with E-state index in [0.29, 0.717) is 17.3 Å². The van der Waals surface area contributed by atoms with E-state index in [1.54, 1.807) is 24.7 Å². The maximum atomic E-state index is 5.87. The van der Waals surface area contributed by atoms with Crippen LogP contribution in [-0.2, 0) is 0 Å². The van der Waals surface area contributed by atoms with Gasteiger partial charge in [-0.05, 0) is 18.2 Å². The van der Waals surface area contributed by atoms with Gasteiger partial charge in [-0.3, -0.25) is 10.1 Å². The summed E-state index contributed by atoms with van der Waals surface area (Å²) in [7, 11) is 0. The third-order valence-electron chi connectivity index (χ3n) is 2.50. The van der Waals surface area contributed by atoms with Crippen molar-refractivity contribution in [1.82, 2.24) is 25.1 Å². The monoisotopic (exact) mass is 238 g/mol. The molecule has 0 amide bonds. The fourth-order valence-corrected chi connectivity index (χ4v) is 1.72. The van der Waals surface area contributed by atoms with E-state index in [9.17, 15) is 0 Å². The topological polar surface area (TPSA) is 93.4 Å². The van der Waals surface area contributed by atoms with Gasteiger partial charge in [0.2, 0.25) is 0 Å². The fraction of sp³-hybridized carbons (Fsp3) is 0. The van der Waals surface area contributed by atoms with Gasteiger partial charge >= 0.3 is 0 Å². The van der Waals surface area contributed by atoms with E-state index >= 15 is 0 Å². The van der Waals surface area contributed by atoms with Crippen LogP contribution in [0.2, 0.25) is 0 Å². The minimum atomic E-state index is 0.385. The van der Waals surface area contributed by atoms with Crippen LogP contribution in [0.5, 0.6) is 0 Å². The molecule has 0 fully saturated rings. The Morgan fingerprint density at radius 2 is 1.72 bits per heavy atom. The highest BCUT2D eigenvalue weighted by Crippen LogP contribution is 2.31. The summed E-state index contributed by atoms with van der Waals surface area (Å²) >= 11 is 0. The molecule has 0 aliphatic heterocycles. The zero-order valence-corrected chi connectivity index (χ0v) is 9.41. The van der Waals surface area contributed by atoms with Crippen LogP contribution >= 0.6 is 0 Å². The number of aromatic nitrogens is 5. The summed E-state index contributed by atoms with van der Waals surface area (Å²) in [6.45, 7) is 0. The third kappa shape index (κ3) is 1.69. The number of hydrogen-bond acceptors (Lipinski definition) is 5. The largest absolute Gasteiger partial charge is 0.382 e. The first kappa shape index (κ1) is 10.4. The summed E-state index contributed by atoms with van der Waals surface area (Å²) in [5.41, 5.74) is 8.01. The van der Waals surface area contributed by atoms with E-state index in [2.05, 4.69) is 25.1 Å². The molecule has 0 saturated heterocycles. The number of rotatable bonds is 2. The highest BCUT2D eigenvalue weighted by molar-refractivity contribution is 5.83. The molecule has 0 saturated carbocycles. The molecular formula is C12H10N6. The zero-order chi connectivity index (χ0) is 12.4. The Balaban J connectivity index is 2.19. The Morgan fingerprint density at radius 1 is 0.944 bits per heavy atom. The number of nitrogen functional groups attached to an aromatic ring is 1. The van der Waals surface area contributed by atoms with Gasteiger partial charge in [-0.25, -0.2) is 9.97 Å². The molecule has 0 aliphatic carbocycles. The van der Waals surface area contributed by atoms with Crippen LogP contribution < -0.4 is 5.73 Å². The molecule has 6 nitrogen and oxygen atoms in total. The quantitative estimate of drug-likeness (QED) is 0.705. The van der Waals surface area contributed by atoms with E-state index in [1.165, 1.54) is 0 Å². The van der Waals surface area contributed by atoms with E-state index < -0.39 is 0 Å². The van der Waals surface area contributed by atoms with Crippen LogP contribution in [0.1, 0.15) is 0 Å². The highest BCUT2D eigenvalue weighted by atomic mass is 15.2. The van der Waals surface area contributed by atoms with Gasteiger partial charge in [0.1, 0.15) is 5.69 Å². The molecule has 0 aliphatic rings. The first-order chi connectivity index (χ1) is 8.86. The number of H-pyrrole nitrogens is 1. The molecule has 0 atom stereocenters. The third-order valence-corrected chi connectivity index (χ3v) is 2.50. The molecule has 0 radical (unpaired) electrons. The van der Waals surface area contributed by atoms with Gasteiger partial charge in [-0.2, -0.15) is 5.10 Å². The van der Waals surface area contributed by atoms with Crippen molar-refractivity contribution in [2.75, 3.05) is 5.73 Å². The van der Waals surface area contributed by atoms with Crippen molar-refractivity contribution >= 4 is 5.82 Å². The Morgan fingerprint density at radius 3 is 2.44 bits per heavy atom. The number of pyridine rings is 1. The molecule has 6 heteroatoms. The number of nitrogens with two attached hydrogens (primary N) is 1. The molecule has 0 aromatic carbocycles. The van der Waals surface area contributed by atoms with Gasteiger partial charge < -0.3 is 5.73 Å².